The van der Waals surface area contributed by atoms with Crippen molar-refractivity contribution < 1.29 is 0 Å². The molecule has 2 nitrogen and oxygen atoms in total. The van der Waals surface area contributed by atoms with E-state index in [1.54, 1.807) is 0 Å². The van der Waals surface area contributed by atoms with Gasteiger partial charge in [0.15, 0.2) is 0 Å². The second-order valence-electron chi connectivity index (χ2n) is 9.45. The Bertz CT molecular complexity index is 315. The van der Waals surface area contributed by atoms with Crippen molar-refractivity contribution >= 4 is 0 Å². The van der Waals surface area contributed by atoms with E-state index < -0.39 is 0 Å². The predicted molar refractivity (Wildman–Crippen MR) is 92.7 cm³/mol. The van der Waals surface area contributed by atoms with Gasteiger partial charge in [0.1, 0.15) is 0 Å². The Morgan fingerprint density at radius 2 is 1.48 bits per heavy atom. The molecule has 124 valence electrons. The molecule has 0 N–H and O–H groups in total. The van der Waals surface area contributed by atoms with Crippen LogP contribution in [0.2, 0.25) is 0 Å². The summed E-state index contributed by atoms with van der Waals surface area (Å²) < 4.78 is 0. The van der Waals surface area contributed by atoms with Gasteiger partial charge in [0, 0.05) is 11.6 Å². The lowest BCUT2D eigenvalue weighted by Gasteiger charge is -2.41. The van der Waals surface area contributed by atoms with Crippen molar-refractivity contribution in [1.82, 2.24) is 9.80 Å². The van der Waals surface area contributed by atoms with Gasteiger partial charge in [0.05, 0.1) is 0 Å². The van der Waals surface area contributed by atoms with Crippen LogP contribution in [-0.4, -0.2) is 47.6 Å². The van der Waals surface area contributed by atoms with E-state index in [-0.39, 0.29) is 0 Å². The van der Waals surface area contributed by atoms with Crippen molar-refractivity contribution in [2.24, 2.45) is 11.3 Å². The van der Waals surface area contributed by atoms with Crippen molar-refractivity contribution in [2.45, 2.75) is 85.2 Å². The molecule has 2 aliphatic heterocycles. The Morgan fingerprint density at radius 1 is 0.857 bits per heavy atom. The van der Waals surface area contributed by atoms with Gasteiger partial charge in [-0.15, -0.1) is 0 Å². The zero-order chi connectivity index (χ0) is 15.7. The van der Waals surface area contributed by atoms with Gasteiger partial charge in [-0.3, -0.25) is 9.80 Å². The van der Waals surface area contributed by atoms with Crippen LogP contribution in [0.25, 0.3) is 0 Å². The molecule has 0 amide bonds. The molecule has 2 fully saturated rings. The number of rotatable bonds is 3. The van der Waals surface area contributed by atoms with Gasteiger partial charge in [-0.25, -0.2) is 0 Å². The molecule has 2 heteroatoms. The lowest BCUT2D eigenvalue weighted by molar-refractivity contribution is 0.0759. The van der Waals surface area contributed by atoms with Crippen LogP contribution in [0.1, 0.15) is 73.6 Å². The lowest BCUT2D eigenvalue weighted by Crippen LogP contribution is -2.46. The van der Waals surface area contributed by atoms with Gasteiger partial charge in [0.2, 0.25) is 0 Å². The Labute approximate surface area is 133 Å². The molecular weight excluding hydrogens is 256 g/mol. The van der Waals surface area contributed by atoms with Gasteiger partial charge < -0.3 is 0 Å². The van der Waals surface area contributed by atoms with E-state index in [4.69, 9.17) is 0 Å². The number of hydrogen-bond donors (Lipinski definition) is 0. The Balaban J connectivity index is 1.75. The number of nitrogens with zero attached hydrogens (tertiary/aromatic N) is 2. The quantitative estimate of drug-likeness (QED) is 0.761. The summed E-state index contributed by atoms with van der Waals surface area (Å²) in [5.74, 6) is 0.963. The fourth-order valence-corrected chi connectivity index (χ4v) is 4.32. The van der Waals surface area contributed by atoms with Gasteiger partial charge in [-0.1, -0.05) is 20.8 Å². The van der Waals surface area contributed by atoms with Crippen LogP contribution in [-0.2, 0) is 0 Å². The first-order chi connectivity index (χ1) is 9.68. The minimum atomic E-state index is 0.358. The third-order valence-electron chi connectivity index (χ3n) is 5.75. The van der Waals surface area contributed by atoms with Crippen molar-refractivity contribution in [1.29, 1.82) is 0 Å². The van der Waals surface area contributed by atoms with E-state index in [1.165, 1.54) is 58.3 Å². The van der Waals surface area contributed by atoms with Gasteiger partial charge >= 0.3 is 0 Å². The third-order valence-corrected chi connectivity index (χ3v) is 5.75. The van der Waals surface area contributed by atoms with Crippen LogP contribution >= 0.6 is 0 Å². The van der Waals surface area contributed by atoms with E-state index in [0.717, 1.165) is 12.0 Å². The minimum absolute atomic E-state index is 0.358. The minimum Gasteiger partial charge on any atom is -0.300 e. The first kappa shape index (κ1) is 17.3. The highest BCUT2D eigenvalue weighted by Crippen LogP contribution is 2.33. The molecule has 0 radical (unpaired) electrons. The molecule has 0 bridgehead atoms. The molecule has 1 unspecified atom stereocenters. The van der Waals surface area contributed by atoms with Crippen LogP contribution in [0, 0.1) is 11.3 Å². The maximum absolute atomic E-state index is 2.79. The van der Waals surface area contributed by atoms with Crippen LogP contribution < -0.4 is 0 Å². The summed E-state index contributed by atoms with van der Waals surface area (Å²) in [6.07, 6.45) is 7.05. The largest absolute Gasteiger partial charge is 0.300 e. The lowest BCUT2D eigenvalue weighted by atomic mass is 9.84. The van der Waals surface area contributed by atoms with E-state index in [0.29, 0.717) is 11.0 Å². The average molecular weight is 295 g/mol. The van der Waals surface area contributed by atoms with Crippen molar-refractivity contribution in [3.63, 3.8) is 0 Å². The number of hydrogen-bond acceptors (Lipinski definition) is 2. The monoisotopic (exact) mass is 294 g/mol. The van der Waals surface area contributed by atoms with Crippen LogP contribution in [0.3, 0.4) is 0 Å². The number of piperidine rings is 1. The van der Waals surface area contributed by atoms with Crippen molar-refractivity contribution in [3.8, 4) is 0 Å². The highest BCUT2D eigenvalue weighted by atomic mass is 15.2. The topological polar surface area (TPSA) is 6.48 Å². The molecule has 0 aromatic heterocycles. The maximum atomic E-state index is 2.79. The van der Waals surface area contributed by atoms with Crippen molar-refractivity contribution in [3.05, 3.63) is 0 Å². The fourth-order valence-electron chi connectivity index (χ4n) is 4.32. The highest BCUT2D eigenvalue weighted by Gasteiger charge is 2.34. The first-order valence-corrected chi connectivity index (χ1v) is 9.17. The van der Waals surface area contributed by atoms with Gasteiger partial charge in [-0.05, 0) is 90.4 Å². The maximum Gasteiger partial charge on any atom is 0.0144 e. The van der Waals surface area contributed by atoms with Gasteiger partial charge in [-0.2, -0.15) is 0 Å². The van der Waals surface area contributed by atoms with Crippen LogP contribution in [0.5, 0.6) is 0 Å². The summed E-state index contributed by atoms with van der Waals surface area (Å²) in [6, 6.07) is 0.812. The molecule has 0 aromatic rings. The molecule has 2 rings (SSSR count). The summed E-state index contributed by atoms with van der Waals surface area (Å²) in [5, 5.41) is 0. The van der Waals surface area contributed by atoms with Crippen molar-refractivity contribution in [2.75, 3.05) is 26.2 Å². The van der Waals surface area contributed by atoms with Gasteiger partial charge in [0.25, 0.3) is 0 Å². The summed E-state index contributed by atoms with van der Waals surface area (Å²) in [5.41, 5.74) is 0.809. The molecule has 2 aliphatic rings. The fraction of sp³-hybridized carbons (Fsp3) is 1.00. The Kier molecular flexibility index (Phi) is 5.41. The molecule has 0 aliphatic carbocycles. The Morgan fingerprint density at radius 3 is 2.00 bits per heavy atom. The summed E-state index contributed by atoms with van der Waals surface area (Å²) >= 11 is 0. The second kappa shape index (κ2) is 6.58. The standard InChI is InChI=1S/C19H38N2/c1-18(2,3)17-8-7-12-20(17)13-9-16-10-14-21(15-11-16)19(4,5)6/h16-17H,7-15H2,1-6H3. The summed E-state index contributed by atoms with van der Waals surface area (Å²) in [6.45, 7) is 19.6. The molecular formula is C19H38N2. The van der Waals surface area contributed by atoms with E-state index in [2.05, 4.69) is 51.3 Å². The molecule has 0 saturated carbocycles. The Hall–Kier alpha value is -0.0800. The molecule has 1 atom stereocenters. The van der Waals surface area contributed by atoms with E-state index >= 15 is 0 Å². The predicted octanol–water partition coefficient (Wildman–Crippen LogP) is 4.40. The molecule has 21 heavy (non-hydrogen) atoms. The molecule has 0 spiro atoms. The normalized spacial score (nSPS) is 27.4. The summed E-state index contributed by atoms with van der Waals surface area (Å²) in [4.78, 5) is 5.45. The number of likely N-dealkylation sites (tertiary alicyclic amines) is 2. The van der Waals surface area contributed by atoms with E-state index in [1.807, 2.05) is 0 Å². The summed E-state index contributed by atoms with van der Waals surface area (Å²) in [7, 11) is 0. The molecule has 0 aromatic carbocycles. The highest BCUT2D eigenvalue weighted by molar-refractivity contribution is 4.89. The average Bonchev–Trinajstić information content (AvgIpc) is 2.84. The SMILES string of the molecule is CC(C)(C)C1CCCN1CCC1CCN(C(C)(C)C)CC1. The van der Waals surface area contributed by atoms with Crippen LogP contribution in [0.4, 0.5) is 0 Å². The third kappa shape index (κ3) is 4.69. The molecule has 2 saturated heterocycles. The zero-order valence-corrected chi connectivity index (χ0v) is 15.4. The second-order valence-corrected chi connectivity index (χ2v) is 9.45. The van der Waals surface area contributed by atoms with Crippen LogP contribution in [0.15, 0.2) is 0 Å². The van der Waals surface area contributed by atoms with E-state index in [9.17, 15) is 0 Å². The first-order valence-electron chi connectivity index (χ1n) is 9.17. The zero-order valence-electron chi connectivity index (χ0n) is 15.4. The molecule has 2 heterocycles. The smallest absolute Gasteiger partial charge is 0.0144 e.